The minimum atomic E-state index is -1.29. The fourth-order valence-corrected chi connectivity index (χ4v) is 3.83. The van der Waals surface area contributed by atoms with E-state index >= 15 is 0 Å². The first-order chi connectivity index (χ1) is 16.6. The van der Waals surface area contributed by atoms with Crippen molar-refractivity contribution >= 4 is 35.5 Å². The maximum absolute atomic E-state index is 12.4. The lowest BCUT2D eigenvalue weighted by atomic mass is 9.91. The molecule has 2 atom stereocenters. The number of fused-ring (bicyclic) bond motifs is 1. The molecule has 6 N–H and O–H groups in total. The first kappa shape index (κ1) is 25.4. The number of hydrogen-bond donors (Lipinski definition) is 6. The fourth-order valence-electron chi connectivity index (χ4n) is 3.83. The van der Waals surface area contributed by atoms with Gasteiger partial charge in [0.15, 0.2) is 0 Å². The summed E-state index contributed by atoms with van der Waals surface area (Å²) < 4.78 is 0. The molecule has 1 aliphatic heterocycles. The molecule has 0 spiro atoms. The first-order valence-corrected chi connectivity index (χ1v) is 11.1. The number of aromatic nitrogens is 2. The third-order valence-electron chi connectivity index (χ3n) is 5.67. The Bertz CT molecular complexity index is 1180. The molecule has 1 aromatic heterocycles. The van der Waals surface area contributed by atoms with Crippen molar-refractivity contribution in [3.05, 3.63) is 51.3 Å². The van der Waals surface area contributed by atoms with Gasteiger partial charge in [-0.25, -0.2) is 4.79 Å². The fraction of sp³-hybridized carbons (Fsp3) is 0.391. The van der Waals surface area contributed by atoms with E-state index < -0.39 is 23.9 Å². The number of anilines is 2. The number of benzene rings is 1. The summed E-state index contributed by atoms with van der Waals surface area (Å²) in [5.41, 5.74) is 1.49. The number of H-pyrrole nitrogens is 1. The van der Waals surface area contributed by atoms with Crippen molar-refractivity contribution in [3.8, 4) is 0 Å². The molecule has 12 heteroatoms. The topological polar surface area (TPSA) is 191 Å². The Hall–Kier alpha value is -4.22. The summed E-state index contributed by atoms with van der Waals surface area (Å²) in [5, 5.41) is 25.9. The van der Waals surface area contributed by atoms with Gasteiger partial charge in [0, 0.05) is 25.5 Å². The van der Waals surface area contributed by atoms with Crippen molar-refractivity contribution in [2.75, 3.05) is 17.2 Å². The molecule has 0 radical (unpaired) electrons. The van der Waals surface area contributed by atoms with Crippen molar-refractivity contribution < 1.29 is 29.4 Å². The molecule has 12 nitrogen and oxygen atoms in total. The van der Waals surface area contributed by atoms with Crippen molar-refractivity contribution in [1.82, 2.24) is 15.3 Å². The van der Waals surface area contributed by atoms with E-state index in [9.17, 15) is 29.1 Å². The highest BCUT2D eigenvalue weighted by Crippen LogP contribution is 2.24. The highest BCUT2D eigenvalue weighted by Gasteiger charge is 2.24. The minimum absolute atomic E-state index is 0.105. The lowest BCUT2D eigenvalue weighted by Gasteiger charge is -2.25. The molecule has 0 saturated carbocycles. The van der Waals surface area contributed by atoms with Gasteiger partial charge in [-0.3, -0.25) is 29.5 Å². The number of carboxylic acid groups (broad SMARTS) is 2. The molecular formula is C23H27N5O7. The Balaban J connectivity index is 1.55. The quantitative estimate of drug-likeness (QED) is 0.285. The van der Waals surface area contributed by atoms with Crippen LogP contribution < -0.4 is 21.5 Å². The van der Waals surface area contributed by atoms with Crippen LogP contribution in [0.3, 0.4) is 0 Å². The van der Waals surface area contributed by atoms with Gasteiger partial charge in [-0.15, -0.1) is 0 Å². The van der Waals surface area contributed by atoms with Crippen LogP contribution in [0.1, 0.15) is 47.7 Å². The summed E-state index contributed by atoms with van der Waals surface area (Å²) in [6, 6.07) is 5.45. The number of aromatic amines is 1. The van der Waals surface area contributed by atoms with E-state index in [-0.39, 0.29) is 41.7 Å². The molecule has 0 aliphatic carbocycles. The predicted octanol–water partition coefficient (Wildman–Crippen LogP) is 0.993. The summed E-state index contributed by atoms with van der Waals surface area (Å²) in [7, 11) is 0. The van der Waals surface area contributed by atoms with Crippen LogP contribution in [0.15, 0.2) is 29.1 Å². The van der Waals surface area contributed by atoms with Gasteiger partial charge >= 0.3 is 11.9 Å². The van der Waals surface area contributed by atoms with Gasteiger partial charge in [-0.2, -0.15) is 4.98 Å². The number of carbonyl (C=O) groups excluding carboxylic acids is 2. The molecule has 2 amide bonds. The third-order valence-corrected chi connectivity index (χ3v) is 5.67. The number of aryl methyl sites for hydroxylation is 1. The van der Waals surface area contributed by atoms with Crippen molar-refractivity contribution in [2.45, 2.75) is 45.1 Å². The van der Waals surface area contributed by atoms with Crippen molar-refractivity contribution in [2.24, 2.45) is 5.92 Å². The van der Waals surface area contributed by atoms with E-state index in [1.54, 1.807) is 24.3 Å². The first-order valence-electron chi connectivity index (χ1n) is 11.1. The highest BCUT2D eigenvalue weighted by atomic mass is 16.4. The monoisotopic (exact) mass is 485 g/mol. The molecule has 2 unspecified atom stereocenters. The lowest BCUT2D eigenvalue weighted by Crippen LogP contribution is -2.41. The summed E-state index contributed by atoms with van der Waals surface area (Å²) in [6.45, 7) is 1.95. The van der Waals surface area contributed by atoms with Crippen LogP contribution in [-0.2, 0) is 27.2 Å². The second-order valence-electron chi connectivity index (χ2n) is 8.41. The Morgan fingerprint density at radius 1 is 1.17 bits per heavy atom. The number of aliphatic carboxylic acids is 2. The average Bonchev–Trinajstić information content (AvgIpc) is 2.80. The van der Waals surface area contributed by atoms with Gasteiger partial charge < -0.3 is 20.8 Å². The van der Waals surface area contributed by atoms with E-state index in [4.69, 9.17) is 5.11 Å². The van der Waals surface area contributed by atoms with Gasteiger partial charge in [0.05, 0.1) is 5.56 Å². The molecule has 2 aromatic rings. The zero-order valence-electron chi connectivity index (χ0n) is 19.1. The van der Waals surface area contributed by atoms with E-state index in [0.29, 0.717) is 30.8 Å². The molecular weight excluding hydrogens is 458 g/mol. The van der Waals surface area contributed by atoms with E-state index in [1.807, 2.05) is 0 Å². The van der Waals surface area contributed by atoms with Gasteiger partial charge in [0.2, 0.25) is 11.9 Å². The zero-order chi connectivity index (χ0) is 25.5. The lowest BCUT2D eigenvalue weighted by molar-refractivity contribution is -0.140. The molecule has 186 valence electrons. The molecule has 0 fully saturated rings. The molecule has 35 heavy (non-hydrogen) atoms. The van der Waals surface area contributed by atoms with E-state index in [1.165, 1.54) is 6.92 Å². The van der Waals surface area contributed by atoms with E-state index in [2.05, 4.69) is 25.9 Å². The normalized spacial score (nSPS) is 15.3. The third kappa shape index (κ3) is 7.13. The molecule has 0 saturated heterocycles. The van der Waals surface area contributed by atoms with Gasteiger partial charge in [0.1, 0.15) is 11.9 Å². The number of rotatable bonds is 10. The second-order valence-corrected chi connectivity index (χ2v) is 8.41. The molecule has 2 heterocycles. The highest BCUT2D eigenvalue weighted by molar-refractivity contribution is 5.96. The second kappa shape index (κ2) is 11.3. The molecule has 0 bridgehead atoms. The van der Waals surface area contributed by atoms with Crippen LogP contribution in [0.25, 0.3) is 0 Å². The number of carbonyl (C=O) groups is 4. The predicted molar refractivity (Wildman–Crippen MR) is 125 cm³/mol. The molecule has 3 rings (SSSR count). The number of nitrogens with zero attached hydrogens (tertiary/aromatic N) is 1. The van der Waals surface area contributed by atoms with Gasteiger partial charge in [-0.05, 0) is 49.3 Å². The number of nitrogens with one attached hydrogen (secondary N) is 4. The van der Waals surface area contributed by atoms with Crippen LogP contribution in [0.5, 0.6) is 0 Å². The van der Waals surface area contributed by atoms with Crippen LogP contribution >= 0.6 is 0 Å². The Labute approximate surface area is 200 Å². The molecule has 1 aromatic carbocycles. The maximum Gasteiger partial charge on any atom is 0.326 e. The average molecular weight is 485 g/mol. The summed E-state index contributed by atoms with van der Waals surface area (Å²) in [5.74, 6) is -2.59. The van der Waals surface area contributed by atoms with Crippen LogP contribution in [0.4, 0.5) is 11.8 Å². The summed E-state index contributed by atoms with van der Waals surface area (Å²) in [4.78, 5) is 64.7. The molecule has 1 aliphatic rings. The summed E-state index contributed by atoms with van der Waals surface area (Å²) in [6.07, 6.45) is 1.45. The Kier molecular flexibility index (Phi) is 8.18. The van der Waals surface area contributed by atoms with Crippen molar-refractivity contribution in [3.63, 3.8) is 0 Å². The Morgan fingerprint density at radius 3 is 2.51 bits per heavy atom. The number of carboxylic acids is 2. The van der Waals surface area contributed by atoms with Gasteiger partial charge in [0.25, 0.3) is 11.5 Å². The standard InChI is InChI=1S/C23H27N5O7/c1-12(29)25-23-27-19-16(21(33)28-23)10-14(11-24-19)3-2-13-4-6-15(7-5-13)20(32)26-17(22(34)35)8-9-18(30)31/h4-7,14,17H,2-3,8-11H2,1H3,(H,26,32)(H,30,31)(H,34,35)(H3,24,25,27,28,29,33). The van der Waals surface area contributed by atoms with E-state index in [0.717, 1.165) is 12.0 Å². The number of hydrogen-bond acceptors (Lipinski definition) is 7. The maximum atomic E-state index is 12.4. The van der Waals surface area contributed by atoms with Crippen molar-refractivity contribution in [1.29, 1.82) is 0 Å². The van der Waals surface area contributed by atoms with Crippen LogP contribution in [-0.4, -0.2) is 56.5 Å². The largest absolute Gasteiger partial charge is 0.481 e. The Morgan fingerprint density at radius 2 is 1.89 bits per heavy atom. The van der Waals surface area contributed by atoms with Crippen LogP contribution in [0, 0.1) is 5.92 Å². The summed E-state index contributed by atoms with van der Waals surface area (Å²) >= 11 is 0. The van der Waals surface area contributed by atoms with Gasteiger partial charge in [-0.1, -0.05) is 12.1 Å². The zero-order valence-corrected chi connectivity index (χ0v) is 19.1. The SMILES string of the molecule is CC(=O)Nc1nc2c(c(=O)[nH]1)CC(CCc1ccc(C(=O)NC(CCC(=O)O)C(=O)O)cc1)CN2. The van der Waals surface area contributed by atoms with Crippen LogP contribution in [0.2, 0.25) is 0 Å². The number of amides is 2. The minimum Gasteiger partial charge on any atom is -0.481 e. The smallest absolute Gasteiger partial charge is 0.326 e.